The Morgan fingerprint density at radius 1 is 1.02 bits per heavy atom. The number of aromatic amines is 1. The first kappa shape index (κ1) is 28.7. The summed E-state index contributed by atoms with van der Waals surface area (Å²) in [5.41, 5.74) is 2.75. The third-order valence-corrected chi connectivity index (χ3v) is 8.41. The molecule has 2 heterocycles. The largest absolute Gasteiger partial charge is 0.497 e. The van der Waals surface area contributed by atoms with Crippen molar-refractivity contribution in [1.29, 1.82) is 0 Å². The number of anilines is 2. The minimum atomic E-state index is -3.88. The SMILES string of the molecule is CCC(OC(=O)c1ccc2nc(-c3ccc(OC)cc3)[nH]c2c1)C(=O)Nc1ccc(S(=O)(=O)Nc2nnc(C)s2)cc1. The molecule has 42 heavy (non-hydrogen) atoms. The maximum atomic E-state index is 12.9. The Morgan fingerprint density at radius 3 is 2.40 bits per heavy atom. The molecule has 1 unspecified atom stereocenters. The second-order valence-electron chi connectivity index (χ2n) is 9.09. The van der Waals surface area contributed by atoms with Gasteiger partial charge in [0.25, 0.3) is 15.9 Å². The average Bonchev–Trinajstić information content (AvgIpc) is 3.60. The Balaban J connectivity index is 1.23. The van der Waals surface area contributed by atoms with E-state index in [1.165, 1.54) is 24.3 Å². The molecule has 0 saturated carbocycles. The number of rotatable bonds is 10. The molecule has 5 aromatic rings. The molecule has 0 aliphatic heterocycles. The molecule has 14 heteroatoms. The van der Waals surface area contributed by atoms with E-state index in [9.17, 15) is 18.0 Å². The van der Waals surface area contributed by atoms with E-state index in [1.807, 2.05) is 24.3 Å². The van der Waals surface area contributed by atoms with Gasteiger partial charge in [0, 0.05) is 11.3 Å². The summed E-state index contributed by atoms with van der Waals surface area (Å²) in [7, 11) is -2.29. The Morgan fingerprint density at radius 2 is 1.76 bits per heavy atom. The van der Waals surface area contributed by atoms with Crippen LogP contribution in [0, 0.1) is 6.92 Å². The summed E-state index contributed by atoms with van der Waals surface area (Å²) in [6.45, 7) is 3.43. The van der Waals surface area contributed by atoms with Gasteiger partial charge in [-0.15, -0.1) is 10.2 Å². The number of aryl methyl sites for hydroxylation is 1. The molecule has 216 valence electrons. The van der Waals surface area contributed by atoms with E-state index >= 15 is 0 Å². The summed E-state index contributed by atoms with van der Waals surface area (Å²) in [5.74, 6) is 0.147. The van der Waals surface area contributed by atoms with Crippen LogP contribution in [0.15, 0.2) is 71.6 Å². The number of carbonyl (C=O) groups excluding carboxylic acids is 2. The smallest absolute Gasteiger partial charge is 0.338 e. The van der Waals surface area contributed by atoms with Gasteiger partial charge in [0.05, 0.1) is 28.6 Å². The van der Waals surface area contributed by atoms with E-state index in [4.69, 9.17) is 9.47 Å². The Bertz CT molecular complexity index is 1850. The molecule has 0 bridgehead atoms. The van der Waals surface area contributed by atoms with E-state index in [0.29, 0.717) is 27.6 Å². The van der Waals surface area contributed by atoms with Crippen molar-refractivity contribution in [2.24, 2.45) is 0 Å². The van der Waals surface area contributed by atoms with Crippen LogP contribution < -0.4 is 14.8 Å². The maximum Gasteiger partial charge on any atom is 0.338 e. The molecule has 0 saturated heterocycles. The van der Waals surface area contributed by atoms with Gasteiger partial charge in [-0.1, -0.05) is 18.3 Å². The number of hydrogen-bond donors (Lipinski definition) is 3. The predicted molar refractivity (Wildman–Crippen MR) is 158 cm³/mol. The molecular weight excluding hydrogens is 580 g/mol. The first-order valence-corrected chi connectivity index (χ1v) is 15.0. The van der Waals surface area contributed by atoms with Gasteiger partial charge >= 0.3 is 5.97 Å². The van der Waals surface area contributed by atoms with E-state index in [2.05, 4.69) is 30.2 Å². The van der Waals surface area contributed by atoms with Crippen molar-refractivity contribution in [2.75, 3.05) is 17.1 Å². The van der Waals surface area contributed by atoms with Gasteiger partial charge < -0.3 is 19.8 Å². The number of nitrogens with one attached hydrogen (secondary N) is 3. The van der Waals surface area contributed by atoms with Crippen LogP contribution >= 0.6 is 11.3 Å². The van der Waals surface area contributed by atoms with Crippen molar-refractivity contribution < 1.29 is 27.5 Å². The molecule has 0 radical (unpaired) electrons. The number of amides is 1. The van der Waals surface area contributed by atoms with Crippen LogP contribution in [-0.2, 0) is 19.6 Å². The van der Waals surface area contributed by atoms with Gasteiger partial charge in [0.1, 0.15) is 16.6 Å². The number of fused-ring (bicyclic) bond motifs is 1. The number of benzene rings is 3. The van der Waals surface area contributed by atoms with Crippen LogP contribution in [0.1, 0.15) is 28.7 Å². The number of aromatic nitrogens is 4. The van der Waals surface area contributed by atoms with Crippen LogP contribution in [0.2, 0.25) is 0 Å². The van der Waals surface area contributed by atoms with Gasteiger partial charge in [-0.25, -0.2) is 18.2 Å². The molecule has 3 aromatic carbocycles. The lowest BCUT2D eigenvalue weighted by Gasteiger charge is -2.16. The van der Waals surface area contributed by atoms with Gasteiger partial charge in [0.15, 0.2) is 6.10 Å². The predicted octanol–water partition coefficient (Wildman–Crippen LogP) is 4.77. The minimum Gasteiger partial charge on any atom is -0.497 e. The molecule has 0 aliphatic rings. The zero-order valence-electron chi connectivity index (χ0n) is 22.7. The molecule has 0 aliphatic carbocycles. The van der Waals surface area contributed by atoms with E-state index in [1.54, 1.807) is 39.2 Å². The van der Waals surface area contributed by atoms with Gasteiger partial charge in [-0.05, 0) is 80.1 Å². The lowest BCUT2D eigenvalue weighted by molar-refractivity contribution is -0.124. The summed E-state index contributed by atoms with van der Waals surface area (Å²) >= 11 is 1.11. The Hall–Kier alpha value is -4.82. The number of H-pyrrole nitrogens is 1. The number of ether oxygens (including phenoxy) is 2. The second-order valence-corrected chi connectivity index (χ2v) is 12.0. The number of hydrogen-bond acceptors (Lipinski definition) is 10. The minimum absolute atomic E-state index is 0.0174. The normalized spacial score (nSPS) is 12.1. The number of methoxy groups -OCH3 is 1. The molecular formula is C28H26N6O6S2. The van der Waals surface area contributed by atoms with Crippen LogP contribution in [-0.4, -0.2) is 53.7 Å². The summed E-state index contributed by atoms with van der Waals surface area (Å²) in [5, 5.41) is 11.0. The van der Waals surface area contributed by atoms with Gasteiger partial charge in [-0.3, -0.25) is 9.52 Å². The Labute approximate surface area is 245 Å². The summed E-state index contributed by atoms with van der Waals surface area (Å²) in [6.07, 6.45) is -0.848. The number of imidazole rings is 1. The molecule has 0 spiro atoms. The van der Waals surface area contributed by atoms with Crippen molar-refractivity contribution in [1.82, 2.24) is 20.2 Å². The number of esters is 1. The first-order chi connectivity index (χ1) is 20.1. The second kappa shape index (κ2) is 12.0. The number of carbonyl (C=O) groups is 2. The van der Waals surface area contributed by atoms with Gasteiger partial charge in [0.2, 0.25) is 5.13 Å². The third kappa shape index (κ3) is 6.39. The summed E-state index contributed by atoms with van der Waals surface area (Å²) in [6, 6.07) is 17.9. The zero-order valence-corrected chi connectivity index (χ0v) is 24.4. The standard InChI is InChI=1S/C28H26N6O6S2/c1-4-24(26(35)29-19-8-12-21(13-9-19)42(37,38)34-28-33-32-16(2)41-28)40-27(36)18-7-14-22-23(15-18)31-25(30-22)17-5-10-20(39-3)11-6-17/h5-15,24H,4H2,1-3H3,(H,29,35)(H,30,31)(H,33,34). The molecule has 2 aromatic heterocycles. The quantitative estimate of drug-likeness (QED) is 0.190. The highest BCUT2D eigenvalue weighted by Crippen LogP contribution is 2.24. The molecule has 0 fully saturated rings. The van der Waals surface area contributed by atoms with Crippen LogP contribution in [0.3, 0.4) is 0 Å². The van der Waals surface area contributed by atoms with E-state index in [0.717, 1.165) is 22.6 Å². The maximum absolute atomic E-state index is 12.9. The third-order valence-electron chi connectivity index (χ3n) is 6.17. The average molecular weight is 607 g/mol. The Kier molecular flexibility index (Phi) is 8.17. The fraction of sp³-hybridized carbons (Fsp3) is 0.179. The first-order valence-electron chi connectivity index (χ1n) is 12.7. The summed E-state index contributed by atoms with van der Waals surface area (Å²) < 4.78 is 38.3. The summed E-state index contributed by atoms with van der Waals surface area (Å²) in [4.78, 5) is 33.6. The van der Waals surface area contributed by atoms with Crippen LogP contribution in [0.4, 0.5) is 10.8 Å². The van der Waals surface area contributed by atoms with Crippen molar-refractivity contribution in [3.05, 3.63) is 77.3 Å². The van der Waals surface area contributed by atoms with Crippen LogP contribution in [0.5, 0.6) is 5.75 Å². The van der Waals surface area contributed by atoms with E-state index < -0.39 is 28.0 Å². The monoisotopic (exact) mass is 606 g/mol. The van der Waals surface area contributed by atoms with Crippen molar-refractivity contribution in [3.63, 3.8) is 0 Å². The van der Waals surface area contributed by atoms with Gasteiger partial charge in [-0.2, -0.15) is 0 Å². The van der Waals surface area contributed by atoms with Crippen LogP contribution in [0.25, 0.3) is 22.4 Å². The molecule has 5 rings (SSSR count). The fourth-order valence-electron chi connectivity index (χ4n) is 3.99. The topological polar surface area (TPSA) is 165 Å². The molecule has 1 atom stereocenters. The highest BCUT2D eigenvalue weighted by molar-refractivity contribution is 7.93. The molecule has 3 N–H and O–H groups in total. The lowest BCUT2D eigenvalue weighted by atomic mass is 10.2. The highest BCUT2D eigenvalue weighted by atomic mass is 32.2. The zero-order chi connectivity index (χ0) is 29.9. The molecule has 1 amide bonds. The molecule has 12 nitrogen and oxygen atoms in total. The highest BCUT2D eigenvalue weighted by Gasteiger charge is 2.23. The van der Waals surface area contributed by atoms with Crippen molar-refractivity contribution >= 4 is 55.1 Å². The van der Waals surface area contributed by atoms with Crippen molar-refractivity contribution in [2.45, 2.75) is 31.3 Å². The van der Waals surface area contributed by atoms with Crippen molar-refractivity contribution in [3.8, 4) is 17.1 Å². The number of nitrogens with zero attached hydrogens (tertiary/aromatic N) is 3. The lowest BCUT2D eigenvalue weighted by Crippen LogP contribution is -2.32. The number of sulfonamides is 1. The van der Waals surface area contributed by atoms with E-state index in [-0.39, 0.29) is 22.0 Å². The fourth-order valence-corrected chi connectivity index (χ4v) is 5.82.